The molecule has 1 N–H and O–H groups in total. The monoisotopic (exact) mass is 268 g/mol. The Morgan fingerprint density at radius 1 is 1.44 bits per heavy atom. The van der Waals surface area contributed by atoms with Crippen LogP contribution in [0, 0.1) is 0 Å². The van der Waals surface area contributed by atoms with Gasteiger partial charge in [-0.25, -0.2) is 0 Å². The fourth-order valence-electron chi connectivity index (χ4n) is 1.42. The zero-order chi connectivity index (χ0) is 13.5. The number of amides is 1. The molecule has 0 bridgehead atoms. The first-order valence-corrected chi connectivity index (χ1v) is 7.28. The molecule has 1 amide bonds. The van der Waals surface area contributed by atoms with Crippen LogP contribution in [-0.2, 0) is 0 Å². The molecule has 0 spiro atoms. The minimum atomic E-state index is -0.134. The van der Waals surface area contributed by atoms with Crippen molar-refractivity contribution in [1.29, 1.82) is 0 Å². The van der Waals surface area contributed by atoms with E-state index in [1.54, 1.807) is 38.0 Å². The highest BCUT2D eigenvalue weighted by molar-refractivity contribution is 7.98. The van der Waals surface area contributed by atoms with E-state index in [0.717, 1.165) is 12.2 Å². The first kappa shape index (κ1) is 14.8. The van der Waals surface area contributed by atoms with E-state index >= 15 is 0 Å². The predicted octanol–water partition coefficient (Wildman–Crippen LogP) is 1.73. The molecule has 1 unspecified atom stereocenters. The zero-order valence-electron chi connectivity index (χ0n) is 11.3. The molecule has 1 rings (SSSR count). The van der Waals surface area contributed by atoms with Gasteiger partial charge in [0.1, 0.15) is 5.82 Å². The van der Waals surface area contributed by atoms with Gasteiger partial charge in [-0.05, 0) is 24.8 Å². The van der Waals surface area contributed by atoms with Gasteiger partial charge in [0, 0.05) is 25.9 Å². The highest BCUT2D eigenvalue weighted by Gasteiger charge is 2.11. The van der Waals surface area contributed by atoms with Gasteiger partial charge in [0.05, 0.1) is 0 Å². The minimum absolute atomic E-state index is 0.134. The van der Waals surface area contributed by atoms with Crippen molar-refractivity contribution in [3.8, 4) is 0 Å². The van der Waals surface area contributed by atoms with Crippen LogP contribution in [0.3, 0.4) is 0 Å². The Bertz CT molecular complexity index is 380. The first-order chi connectivity index (χ1) is 8.58. The fraction of sp³-hybridized carbons (Fsp3) is 0.583. The van der Waals surface area contributed by atoms with Crippen LogP contribution in [0.15, 0.2) is 12.1 Å². The Morgan fingerprint density at radius 2 is 2.17 bits per heavy atom. The van der Waals surface area contributed by atoms with E-state index in [1.807, 2.05) is 0 Å². The number of hydrogen-bond donors (Lipinski definition) is 1. The van der Waals surface area contributed by atoms with Crippen molar-refractivity contribution in [2.24, 2.45) is 0 Å². The molecule has 1 heterocycles. The summed E-state index contributed by atoms with van der Waals surface area (Å²) in [6.45, 7) is 2.13. The summed E-state index contributed by atoms with van der Waals surface area (Å²) in [5.41, 5.74) is 0.364. The van der Waals surface area contributed by atoms with Crippen molar-refractivity contribution in [2.45, 2.75) is 19.4 Å². The SMILES string of the molecule is CCC(CSC)Nc1ccc(C(=O)N(C)C)nn1. The lowest BCUT2D eigenvalue weighted by atomic mass is 10.2. The standard InChI is InChI=1S/C12H20N4OS/c1-5-9(8-18-4)13-11-7-6-10(14-15-11)12(17)16(2)3/h6-7,9H,5,8H2,1-4H3,(H,13,15). The molecule has 6 heteroatoms. The smallest absolute Gasteiger partial charge is 0.273 e. The van der Waals surface area contributed by atoms with E-state index in [9.17, 15) is 4.79 Å². The molecule has 0 fully saturated rings. The minimum Gasteiger partial charge on any atom is -0.365 e. The lowest BCUT2D eigenvalue weighted by Gasteiger charge is -2.16. The summed E-state index contributed by atoms with van der Waals surface area (Å²) in [4.78, 5) is 13.1. The molecule has 18 heavy (non-hydrogen) atoms. The van der Waals surface area contributed by atoms with Crippen LogP contribution in [0.2, 0.25) is 0 Å². The Hall–Kier alpha value is -1.30. The van der Waals surface area contributed by atoms with Gasteiger partial charge in [-0.1, -0.05) is 6.92 Å². The van der Waals surface area contributed by atoms with E-state index in [4.69, 9.17) is 0 Å². The van der Waals surface area contributed by atoms with Crippen molar-refractivity contribution in [3.05, 3.63) is 17.8 Å². The van der Waals surface area contributed by atoms with Gasteiger partial charge in [-0.15, -0.1) is 10.2 Å². The average molecular weight is 268 g/mol. The van der Waals surface area contributed by atoms with Gasteiger partial charge in [0.15, 0.2) is 5.69 Å². The average Bonchev–Trinajstić information content (AvgIpc) is 2.38. The van der Waals surface area contributed by atoms with E-state index in [0.29, 0.717) is 17.6 Å². The summed E-state index contributed by atoms with van der Waals surface area (Å²) < 4.78 is 0. The third-order valence-corrected chi connectivity index (χ3v) is 3.24. The normalized spacial score (nSPS) is 12.0. The Labute approximate surface area is 112 Å². The van der Waals surface area contributed by atoms with Crippen molar-refractivity contribution < 1.29 is 4.79 Å². The van der Waals surface area contributed by atoms with Gasteiger partial charge in [0.2, 0.25) is 0 Å². The molecule has 0 saturated heterocycles. The van der Waals surface area contributed by atoms with Crippen LogP contribution >= 0.6 is 11.8 Å². The summed E-state index contributed by atoms with van der Waals surface area (Å²) in [6, 6.07) is 3.88. The molecule has 1 aromatic heterocycles. The summed E-state index contributed by atoms with van der Waals surface area (Å²) in [5.74, 6) is 1.60. The lowest BCUT2D eigenvalue weighted by Crippen LogP contribution is -2.24. The molecule has 5 nitrogen and oxygen atoms in total. The maximum atomic E-state index is 11.6. The number of rotatable bonds is 6. The van der Waals surface area contributed by atoms with E-state index in [-0.39, 0.29) is 5.91 Å². The molecule has 0 aromatic carbocycles. The van der Waals surface area contributed by atoms with Gasteiger partial charge in [0.25, 0.3) is 5.91 Å². The third-order valence-electron chi connectivity index (χ3n) is 2.50. The van der Waals surface area contributed by atoms with Gasteiger partial charge < -0.3 is 10.2 Å². The third kappa shape index (κ3) is 4.18. The molecule has 1 aromatic rings. The number of carbonyl (C=O) groups is 1. The molecular weight excluding hydrogens is 248 g/mol. The van der Waals surface area contributed by atoms with Crippen molar-refractivity contribution in [1.82, 2.24) is 15.1 Å². The van der Waals surface area contributed by atoms with Crippen LogP contribution in [0.4, 0.5) is 5.82 Å². The number of hydrogen-bond acceptors (Lipinski definition) is 5. The van der Waals surface area contributed by atoms with Crippen molar-refractivity contribution in [2.75, 3.05) is 31.4 Å². The summed E-state index contributed by atoms with van der Waals surface area (Å²) in [6.07, 6.45) is 3.11. The molecule has 0 aliphatic carbocycles. The van der Waals surface area contributed by atoms with Gasteiger partial charge >= 0.3 is 0 Å². The Balaban J connectivity index is 2.68. The first-order valence-electron chi connectivity index (χ1n) is 5.89. The van der Waals surface area contributed by atoms with E-state index in [1.165, 1.54) is 4.90 Å². The van der Waals surface area contributed by atoms with Crippen LogP contribution in [0.25, 0.3) is 0 Å². The largest absolute Gasteiger partial charge is 0.365 e. The molecule has 0 aliphatic heterocycles. The molecule has 0 aliphatic rings. The van der Waals surface area contributed by atoms with Crippen molar-refractivity contribution in [3.63, 3.8) is 0 Å². The number of anilines is 1. The maximum Gasteiger partial charge on any atom is 0.273 e. The van der Waals surface area contributed by atoms with Gasteiger partial charge in [-0.3, -0.25) is 4.79 Å². The topological polar surface area (TPSA) is 58.1 Å². The quantitative estimate of drug-likeness (QED) is 0.851. The molecule has 1 atom stereocenters. The highest BCUT2D eigenvalue weighted by Crippen LogP contribution is 2.09. The summed E-state index contributed by atoms with van der Waals surface area (Å²) in [5, 5.41) is 11.3. The van der Waals surface area contributed by atoms with Gasteiger partial charge in [-0.2, -0.15) is 11.8 Å². The molecule has 0 radical (unpaired) electrons. The second-order valence-corrected chi connectivity index (χ2v) is 5.12. The second-order valence-electron chi connectivity index (χ2n) is 4.21. The van der Waals surface area contributed by atoms with Crippen LogP contribution in [0.5, 0.6) is 0 Å². The number of thioether (sulfide) groups is 1. The molecule has 0 saturated carbocycles. The summed E-state index contributed by atoms with van der Waals surface area (Å²) in [7, 11) is 3.39. The van der Waals surface area contributed by atoms with E-state index in [2.05, 4.69) is 28.7 Å². The Morgan fingerprint density at radius 3 is 2.61 bits per heavy atom. The summed E-state index contributed by atoms with van der Waals surface area (Å²) >= 11 is 1.79. The second kappa shape index (κ2) is 7.20. The maximum absolute atomic E-state index is 11.6. The van der Waals surface area contributed by atoms with Crippen LogP contribution in [0.1, 0.15) is 23.8 Å². The number of nitrogens with one attached hydrogen (secondary N) is 1. The predicted molar refractivity (Wildman–Crippen MR) is 76.1 cm³/mol. The number of nitrogens with zero attached hydrogens (tertiary/aromatic N) is 3. The lowest BCUT2D eigenvalue weighted by molar-refractivity contribution is 0.0821. The Kier molecular flexibility index (Phi) is 5.91. The van der Waals surface area contributed by atoms with E-state index < -0.39 is 0 Å². The highest BCUT2D eigenvalue weighted by atomic mass is 32.2. The van der Waals surface area contributed by atoms with Crippen LogP contribution < -0.4 is 5.32 Å². The number of carbonyl (C=O) groups excluding carboxylic acids is 1. The van der Waals surface area contributed by atoms with Crippen LogP contribution in [-0.4, -0.2) is 53.2 Å². The molecule has 100 valence electrons. The number of aromatic nitrogens is 2. The zero-order valence-corrected chi connectivity index (χ0v) is 12.1. The molecular formula is C12H20N4OS. The fourth-order valence-corrected chi connectivity index (χ4v) is 2.15. The van der Waals surface area contributed by atoms with Crippen molar-refractivity contribution >= 4 is 23.5 Å².